The molecule has 0 spiro atoms. The summed E-state index contributed by atoms with van der Waals surface area (Å²) in [6, 6.07) is 100. The van der Waals surface area contributed by atoms with Crippen LogP contribution in [0.25, 0.3) is 156 Å². The van der Waals surface area contributed by atoms with Gasteiger partial charge in [-0.05, 0) is 140 Å². The number of carbonyl (C=O) groups excluding carboxylic acids is 2. The van der Waals surface area contributed by atoms with Crippen molar-refractivity contribution < 1.29 is 27.9 Å². The fourth-order valence-corrected chi connectivity index (χ4v) is 14.2. The van der Waals surface area contributed by atoms with Crippen molar-refractivity contribution >= 4 is 99.2 Å². The van der Waals surface area contributed by atoms with Crippen molar-refractivity contribution in [2.45, 2.75) is 0 Å². The Kier molecular flexibility index (Phi) is 12.8. The van der Waals surface area contributed by atoms with Crippen LogP contribution in [0.3, 0.4) is 0 Å². The van der Waals surface area contributed by atoms with E-state index in [1.165, 1.54) is 6.07 Å². The zero-order valence-corrected chi connectivity index (χ0v) is 51.9. The summed E-state index contributed by atoms with van der Waals surface area (Å²) >= 11 is 0. The lowest BCUT2D eigenvalue weighted by Gasteiger charge is -2.14. The first-order chi connectivity index (χ1) is 48.4. The molecule has 13 aromatic carbocycles. The number of fused-ring (bicyclic) bond motifs is 12. The Bertz CT molecular complexity index is 5620. The van der Waals surface area contributed by atoms with Gasteiger partial charge in [0.2, 0.25) is 23.6 Å². The maximum absolute atomic E-state index is 14.0. The van der Waals surface area contributed by atoms with Crippen molar-refractivity contribution in [2.24, 2.45) is 0 Å². The SMILES string of the molecule is O=C(Oc1cccc(-c2nnc(-c3cc(-n4c5ccccc5c5ccccc54)cc(-n4c5ccccc5c5ccccc54)c3)o2)c1)c1cccc(C(=O)Oc2cccc(-c3nnc(-c4cc(-n5c6ccccc6c6ccccc65)cc(-n5c6ccccc6c6ccccc65)c4)o3)c2)c1. The molecule has 6 aromatic heterocycles. The summed E-state index contributed by atoms with van der Waals surface area (Å²) in [5.41, 5.74) is 14.8. The molecule has 0 bridgehead atoms. The largest absolute Gasteiger partial charge is 0.423 e. The molecule has 0 saturated heterocycles. The lowest BCUT2D eigenvalue weighted by molar-refractivity contribution is 0.0734. The Morgan fingerprint density at radius 2 is 0.490 bits per heavy atom. The second kappa shape index (κ2) is 22.5. The molecule has 0 radical (unpaired) electrons. The van der Waals surface area contributed by atoms with Crippen molar-refractivity contribution in [3.63, 3.8) is 0 Å². The van der Waals surface area contributed by atoms with Gasteiger partial charge >= 0.3 is 11.9 Å². The first-order valence-corrected chi connectivity index (χ1v) is 32.1. The van der Waals surface area contributed by atoms with Gasteiger partial charge < -0.3 is 36.6 Å². The summed E-state index contributed by atoms with van der Waals surface area (Å²) in [4.78, 5) is 28.0. The van der Waals surface area contributed by atoms with Crippen molar-refractivity contribution in [3.8, 4) is 80.1 Å². The number of benzene rings is 13. The lowest BCUT2D eigenvalue weighted by atomic mass is 10.1. The van der Waals surface area contributed by atoms with Crippen LogP contribution in [0.2, 0.25) is 0 Å². The van der Waals surface area contributed by atoms with Crippen LogP contribution in [0.5, 0.6) is 11.5 Å². The average molecular weight is 1270 g/mol. The molecule has 0 fully saturated rings. The highest BCUT2D eigenvalue weighted by Crippen LogP contribution is 2.42. The van der Waals surface area contributed by atoms with Crippen LogP contribution in [-0.2, 0) is 0 Å². The molecule has 98 heavy (non-hydrogen) atoms. The predicted molar refractivity (Wildman–Crippen MR) is 384 cm³/mol. The van der Waals surface area contributed by atoms with E-state index in [2.05, 4.69) is 269 Å². The zero-order chi connectivity index (χ0) is 65.0. The number of hydrogen-bond donors (Lipinski definition) is 0. The first-order valence-electron chi connectivity index (χ1n) is 32.1. The van der Waals surface area contributed by atoms with Gasteiger partial charge in [0, 0.05) is 88.1 Å². The third-order valence-electron chi connectivity index (χ3n) is 18.4. The number of ether oxygens (including phenoxy) is 2. The van der Waals surface area contributed by atoms with Crippen molar-refractivity contribution in [2.75, 3.05) is 0 Å². The number of aromatic nitrogens is 8. The van der Waals surface area contributed by atoms with Gasteiger partial charge in [0.1, 0.15) is 11.5 Å². The molecule has 0 unspecified atom stereocenters. The summed E-state index contributed by atoms with van der Waals surface area (Å²) in [6.45, 7) is 0. The van der Waals surface area contributed by atoms with E-state index in [9.17, 15) is 9.59 Å². The van der Waals surface area contributed by atoms with E-state index in [1.54, 1.807) is 54.6 Å². The van der Waals surface area contributed by atoms with Crippen LogP contribution in [0.4, 0.5) is 0 Å². The molecule has 0 saturated carbocycles. The smallest absolute Gasteiger partial charge is 0.343 e. The summed E-state index contributed by atoms with van der Waals surface area (Å²) < 4.78 is 34.2. The van der Waals surface area contributed by atoms with E-state index in [0.29, 0.717) is 34.0 Å². The van der Waals surface area contributed by atoms with Crippen molar-refractivity contribution in [3.05, 3.63) is 314 Å². The molecule has 462 valence electrons. The molecule has 19 aromatic rings. The minimum absolute atomic E-state index is 0.128. The molecule has 0 aliphatic carbocycles. The maximum atomic E-state index is 14.0. The van der Waals surface area contributed by atoms with Crippen LogP contribution in [0.15, 0.2) is 312 Å². The zero-order valence-electron chi connectivity index (χ0n) is 51.9. The van der Waals surface area contributed by atoms with Crippen LogP contribution in [0, 0.1) is 0 Å². The number of esters is 2. The molecule has 0 atom stereocenters. The fourth-order valence-electron chi connectivity index (χ4n) is 14.2. The molecule has 6 heterocycles. The summed E-state index contributed by atoms with van der Waals surface area (Å²) in [5.74, 6) is 0.0949. The minimum atomic E-state index is -0.695. The van der Waals surface area contributed by atoms with Gasteiger partial charge in [-0.2, -0.15) is 0 Å². The van der Waals surface area contributed by atoms with E-state index in [-0.39, 0.29) is 34.4 Å². The van der Waals surface area contributed by atoms with Gasteiger partial charge in [-0.3, -0.25) is 0 Å². The summed E-state index contributed by atoms with van der Waals surface area (Å²) in [7, 11) is 0. The minimum Gasteiger partial charge on any atom is -0.423 e. The summed E-state index contributed by atoms with van der Waals surface area (Å²) in [5, 5.41) is 27.5. The molecular weight excluding hydrogens is 1220 g/mol. The van der Waals surface area contributed by atoms with E-state index in [1.807, 2.05) is 12.1 Å². The van der Waals surface area contributed by atoms with Gasteiger partial charge in [0.25, 0.3) is 0 Å². The molecular formula is C84H50N8O6. The van der Waals surface area contributed by atoms with E-state index < -0.39 is 11.9 Å². The van der Waals surface area contributed by atoms with Crippen LogP contribution in [0.1, 0.15) is 20.7 Å². The molecule has 0 amide bonds. The second-order valence-corrected chi connectivity index (χ2v) is 24.2. The normalized spacial score (nSPS) is 11.8. The third kappa shape index (κ3) is 9.26. The highest BCUT2D eigenvalue weighted by Gasteiger charge is 2.24. The fraction of sp³-hybridized carbons (Fsp3) is 0. The first kappa shape index (κ1) is 55.9. The van der Waals surface area contributed by atoms with E-state index in [4.69, 9.17) is 18.3 Å². The van der Waals surface area contributed by atoms with Gasteiger partial charge in [0.05, 0.1) is 55.3 Å². The number of nitrogens with zero attached hydrogens (tertiary/aromatic N) is 8. The number of para-hydroxylation sites is 8. The molecule has 0 aliphatic heterocycles. The van der Waals surface area contributed by atoms with Gasteiger partial charge in [-0.25, -0.2) is 9.59 Å². The van der Waals surface area contributed by atoms with Gasteiger partial charge in [0.15, 0.2) is 0 Å². The maximum Gasteiger partial charge on any atom is 0.343 e. The van der Waals surface area contributed by atoms with Gasteiger partial charge in [-0.15, -0.1) is 20.4 Å². The Hall–Kier alpha value is -13.7. The molecule has 0 N–H and O–H groups in total. The second-order valence-electron chi connectivity index (χ2n) is 24.2. The Labute approximate surface area is 557 Å². The standard InChI is InChI=1S/C84H50N8O6/c93-83(95-61-24-18-20-51(47-61)79-85-87-81(97-79)55-43-57(89-71-34-9-1-26-63(71)64-27-2-10-35-72(64)89)49-58(44-55)90-73-36-11-3-28-65(73)66-29-4-12-37-74(66)90)53-22-17-23-54(42-53)84(94)96-62-25-19-21-52(48-62)80-86-88-82(98-80)56-45-59(91-75-38-13-5-30-67(75)68-31-6-14-39-76(68)91)50-60(46-56)92-77-40-15-7-32-69(77)70-33-8-16-41-78(70)92/h1-50H. The van der Waals surface area contributed by atoms with Crippen LogP contribution in [-0.4, -0.2) is 50.6 Å². The van der Waals surface area contributed by atoms with Crippen molar-refractivity contribution in [1.82, 2.24) is 38.7 Å². The lowest BCUT2D eigenvalue weighted by Crippen LogP contribution is -2.12. The third-order valence-corrected chi connectivity index (χ3v) is 18.4. The van der Waals surface area contributed by atoms with Crippen LogP contribution >= 0.6 is 0 Å². The highest BCUT2D eigenvalue weighted by atomic mass is 16.5. The van der Waals surface area contributed by atoms with E-state index in [0.717, 1.165) is 110 Å². The number of rotatable bonds is 12. The number of carbonyl (C=O) groups is 2. The Morgan fingerprint density at radius 1 is 0.245 bits per heavy atom. The summed E-state index contributed by atoms with van der Waals surface area (Å²) in [6.07, 6.45) is 0. The molecule has 14 nitrogen and oxygen atoms in total. The average Bonchev–Trinajstić information content (AvgIpc) is 1.58. The molecule has 14 heteroatoms. The monoisotopic (exact) mass is 1270 g/mol. The van der Waals surface area contributed by atoms with Gasteiger partial charge in [-0.1, -0.05) is 164 Å². The van der Waals surface area contributed by atoms with Crippen molar-refractivity contribution in [1.29, 1.82) is 0 Å². The van der Waals surface area contributed by atoms with Crippen LogP contribution < -0.4 is 9.47 Å². The van der Waals surface area contributed by atoms with E-state index >= 15 is 0 Å². The Balaban J connectivity index is 0.594. The predicted octanol–water partition coefficient (Wildman–Crippen LogP) is 19.9. The topological polar surface area (TPSA) is 150 Å². The quantitative estimate of drug-likeness (QED) is 0.0854. The molecule has 19 rings (SSSR count). The Morgan fingerprint density at radius 3 is 0.765 bits per heavy atom. The highest BCUT2D eigenvalue weighted by molar-refractivity contribution is 6.13. The number of hydrogen-bond acceptors (Lipinski definition) is 10. The molecule has 0 aliphatic rings.